The molecule has 180 valence electrons. The molecule has 8 atom stereocenters. The van der Waals surface area contributed by atoms with Crippen LogP contribution in [0.4, 0.5) is 8.78 Å². The lowest BCUT2D eigenvalue weighted by Gasteiger charge is -2.62. The summed E-state index contributed by atoms with van der Waals surface area (Å²) in [5, 5.41) is 20.1. The van der Waals surface area contributed by atoms with E-state index in [2.05, 4.69) is 6.58 Å². The van der Waals surface area contributed by atoms with E-state index >= 15 is 8.78 Å². The maximum Gasteiger partial charge on any atom is 0.269 e. The number of ketones is 4. The predicted octanol–water partition coefficient (Wildman–Crippen LogP) is 2.40. The van der Waals surface area contributed by atoms with Crippen molar-refractivity contribution >= 4 is 23.1 Å². The highest BCUT2D eigenvalue weighted by Crippen LogP contribution is 2.73. The summed E-state index contributed by atoms with van der Waals surface area (Å²) in [6.07, 6.45) is -1.91. The van der Waals surface area contributed by atoms with Crippen molar-refractivity contribution < 1.29 is 38.2 Å². The van der Waals surface area contributed by atoms with E-state index in [1.807, 2.05) is 0 Å². The summed E-state index contributed by atoms with van der Waals surface area (Å²) in [5.74, 6) is -5.74. The minimum Gasteiger partial charge on any atom is -0.389 e. The summed E-state index contributed by atoms with van der Waals surface area (Å²) in [4.78, 5) is 50.3. The molecular weight excluding hydrogens is 434 g/mol. The first-order valence-corrected chi connectivity index (χ1v) is 11.4. The SMILES string of the molecule is C=C(C(C)O)[C@]1(C(=O)CO)CC[C@H]2[C@@H]3C[C@H](F)C4=CC(=O)C(=O)C(=O)[C@]4(C)[C@@]3(F)CC[C@@]21C. The number of carbonyl (C=O) groups is 4. The lowest BCUT2D eigenvalue weighted by atomic mass is 9.42. The third-order valence-electron chi connectivity index (χ3n) is 9.75. The first-order valence-electron chi connectivity index (χ1n) is 11.4. The lowest BCUT2D eigenvalue weighted by molar-refractivity contribution is -0.178. The van der Waals surface area contributed by atoms with E-state index < -0.39 is 75.8 Å². The van der Waals surface area contributed by atoms with Gasteiger partial charge in [-0.15, -0.1) is 0 Å². The van der Waals surface area contributed by atoms with E-state index in [1.54, 1.807) is 6.92 Å². The van der Waals surface area contributed by atoms with Crippen LogP contribution in [-0.2, 0) is 19.2 Å². The van der Waals surface area contributed by atoms with E-state index in [0.29, 0.717) is 6.42 Å². The Morgan fingerprint density at radius 3 is 2.42 bits per heavy atom. The molecule has 8 heteroatoms. The van der Waals surface area contributed by atoms with Crippen LogP contribution >= 0.6 is 0 Å². The van der Waals surface area contributed by atoms with Crippen LogP contribution in [0, 0.1) is 28.1 Å². The van der Waals surface area contributed by atoms with Crippen LogP contribution in [0.5, 0.6) is 0 Å². The molecule has 2 N–H and O–H groups in total. The molecule has 0 heterocycles. The predicted molar refractivity (Wildman–Crippen MR) is 113 cm³/mol. The van der Waals surface area contributed by atoms with Crippen molar-refractivity contribution in [3.63, 3.8) is 0 Å². The Labute approximate surface area is 191 Å². The Morgan fingerprint density at radius 2 is 1.85 bits per heavy atom. The van der Waals surface area contributed by atoms with Gasteiger partial charge < -0.3 is 10.2 Å². The number of fused-ring (bicyclic) bond motifs is 5. The second-order valence-corrected chi connectivity index (χ2v) is 10.7. The molecule has 0 aromatic heterocycles. The second kappa shape index (κ2) is 7.22. The number of hydrogen-bond acceptors (Lipinski definition) is 6. The van der Waals surface area contributed by atoms with Gasteiger partial charge in [-0.3, -0.25) is 19.2 Å². The zero-order chi connectivity index (χ0) is 24.7. The molecule has 0 aliphatic heterocycles. The molecule has 0 bridgehead atoms. The number of allylic oxidation sites excluding steroid dienone is 1. The van der Waals surface area contributed by atoms with Crippen LogP contribution in [0.25, 0.3) is 0 Å². The normalized spacial score (nSPS) is 45.6. The van der Waals surface area contributed by atoms with E-state index in [4.69, 9.17) is 0 Å². The van der Waals surface area contributed by atoms with Crippen molar-refractivity contribution in [1.29, 1.82) is 0 Å². The molecular formula is C25H30F2O6. The van der Waals surface area contributed by atoms with Crippen molar-refractivity contribution in [2.24, 2.45) is 28.1 Å². The fraction of sp³-hybridized carbons (Fsp3) is 0.680. The number of aliphatic hydroxyl groups is 2. The Kier molecular flexibility index (Phi) is 5.27. The first-order chi connectivity index (χ1) is 15.2. The molecule has 0 saturated heterocycles. The largest absolute Gasteiger partial charge is 0.389 e. The van der Waals surface area contributed by atoms with E-state index in [-0.39, 0.29) is 36.8 Å². The van der Waals surface area contributed by atoms with Gasteiger partial charge in [0, 0.05) is 5.92 Å². The van der Waals surface area contributed by atoms with Gasteiger partial charge in [0.15, 0.2) is 5.78 Å². The van der Waals surface area contributed by atoms with Crippen molar-refractivity contribution in [3.05, 3.63) is 23.8 Å². The summed E-state index contributed by atoms with van der Waals surface area (Å²) in [7, 11) is 0. The highest BCUT2D eigenvalue weighted by atomic mass is 19.1. The van der Waals surface area contributed by atoms with Crippen LogP contribution in [0.15, 0.2) is 23.8 Å². The molecule has 33 heavy (non-hydrogen) atoms. The molecule has 3 fully saturated rings. The van der Waals surface area contributed by atoms with Gasteiger partial charge in [-0.25, -0.2) is 8.78 Å². The summed E-state index contributed by atoms with van der Waals surface area (Å²) >= 11 is 0. The monoisotopic (exact) mass is 464 g/mol. The fourth-order valence-electron chi connectivity index (χ4n) is 7.91. The number of carbonyl (C=O) groups excluding carboxylic acids is 4. The van der Waals surface area contributed by atoms with Gasteiger partial charge in [-0.05, 0) is 74.5 Å². The number of alkyl halides is 2. The Hall–Kier alpha value is -2.06. The number of aliphatic hydroxyl groups excluding tert-OH is 2. The minimum atomic E-state index is -2.27. The average molecular weight is 465 g/mol. The van der Waals surface area contributed by atoms with Crippen LogP contribution in [0.3, 0.4) is 0 Å². The third kappa shape index (κ3) is 2.59. The molecule has 1 unspecified atom stereocenters. The average Bonchev–Trinajstić information content (AvgIpc) is 3.08. The number of Topliss-reactive ketones (excluding diaryl/α,β-unsaturated/α-hetero) is 3. The van der Waals surface area contributed by atoms with Gasteiger partial charge in [0.05, 0.1) is 16.9 Å². The molecule has 0 amide bonds. The van der Waals surface area contributed by atoms with Crippen LogP contribution in [0.2, 0.25) is 0 Å². The Bertz CT molecular complexity index is 1020. The number of rotatable bonds is 4. The summed E-state index contributed by atoms with van der Waals surface area (Å²) in [5.41, 5.74) is -6.64. The van der Waals surface area contributed by atoms with Crippen LogP contribution in [0.1, 0.15) is 52.9 Å². The highest BCUT2D eigenvalue weighted by Gasteiger charge is 2.75. The van der Waals surface area contributed by atoms with Crippen molar-refractivity contribution in [2.75, 3.05) is 6.61 Å². The zero-order valence-electron chi connectivity index (χ0n) is 19.1. The van der Waals surface area contributed by atoms with E-state index in [1.165, 1.54) is 13.8 Å². The number of halogens is 2. The van der Waals surface area contributed by atoms with Crippen molar-refractivity contribution in [3.8, 4) is 0 Å². The van der Waals surface area contributed by atoms with Crippen LogP contribution < -0.4 is 0 Å². The fourth-order valence-corrected chi connectivity index (χ4v) is 7.91. The molecule has 0 aromatic carbocycles. The minimum absolute atomic E-state index is 0.109. The Balaban J connectivity index is 1.87. The first kappa shape index (κ1) is 24.1. The zero-order valence-corrected chi connectivity index (χ0v) is 19.1. The molecule has 4 aliphatic carbocycles. The second-order valence-electron chi connectivity index (χ2n) is 10.7. The summed E-state index contributed by atoms with van der Waals surface area (Å²) < 4.78 is 32.5. The molecule has 4 aliphatic rings. The Morgan fingerprint density at radius 1 is 1.21 bits per heavy atom. The van der Waals surface area contributed by atoms with Crippen molar-refractivity contribution in [2.45, 2.75) is 70.8 Å². The smallest absolute Gasteiger partial charge is 0.269 e. The van der Waals surface area contributed by atoms with Gasteiger partial charge in [-0.1, -0.05) is 13.5 Å². The maximum atomic E-state index is 17.1. The standard InChI is InChI=1S/C25H30F2O6/c1-12(13(2)29)24(19(31)11-28)6-5-14-15-9-17(26)16-10-18(30)20(32)21(33)23(16,4)25(15,27)8-7-22(14,24)3/h10,13-15,17,28-29H,1,5-9,11H2,2-4H3/t13?,14-,15-,17-,22-,23+,24-,25+/m0/s1. The van der Waals surface area contributed by atoms with Crippen molar-refractivity contribution in [1.82, 2.24) is 0 Å². The maximum absolute atomic E-state index is 17.1. The molecule has 3 saturated carbocycles. The van der Waals surface area contributed by atoms with Gasteiger partial charge >= 0.3 is 0 Å². The number of hydrogen-bond donors (Lipinski definition) is 2. The van der Waals surface area contributed by atoms with Gasteiger partial charge in [0.25, 0.3) is 5.78 Å². The molecule has 0 aromatic rings. The van der Waals surface area contributed by atoms with Crippen LogP contribution in [-0.4, -0.2) is 57.9 Å². The van der Waals surface area contributed by atoms with E-state index in [0.717, 1.165) is 6.08 Å². The van der Waals surface area contributed by atoms with Gasteiger partial charge in [0.1, 0.15) is 18.4 Å². The van der Waals surface area contributed by atoms with Gasteiger partial charge in [-0.2, -0.15) is 0 Å². The molecule has 6 nitrogen and oxygen atoms in total. The highest BCUT2D eigenvalue weighted by molar-refractivity contribution is 6.68. The summed E-state index contributed by atoms with van der Waals surface area (Å²) in [6.45, 7) is 7.69. The topological polar surface area (TPSA) is 109 Å². The van der Waals surface area contributed by atoms with Gasteiger partial charge in [0.2, 0.25) is 11.6 Å². The van der Waals surface area contributed by atoms with E-state index in [9.17, 15) is 29.4 Å². The molecule has 0 spiro atoms. The molecule has 0 radical (unpaired) electrons. The summed E-state index contributed by atoms with van der Waals surface area (Å²) in [6, 6.07) is 0. The third-order valence-corrected chi connectivity index (χ3v) is 9.75. The quantitative estimate of drug-likeness (QED) is 0.489. The lowest BCUT2D eigenvalue weighted by Crippen LogP contribution is -2.68. The molecule has 4 rings (SSSR count).